The van der Waals surface area contributed by atoms with E-state index < -0.39 is 11.7 Å². The lowest BCUT2D eigenvalue weighted by molar-refractivity contribution is -0.0489. The zero-order valence-electron chi connectivity index (χ0n) is 10.2. The normalized spacial score (nSPS) is 31.0. The number of aryl methyl sites for hydroxylation is 1. The maximum absolute atomic E-state index is 10.3. The molecule has 1 aromatic carbocycles. The van der Waals surface area contributed by atoms with Crippen LogP contribution in [0.1, 0.15) is 37.3 Å². The third kappa shape index (κ3) is 1.42. The first-order chi connectivity index (χ1) is 8.13. The molecule has 1 spiro atoms. The van der Waals surface area contributed by atoms with Crippen LogP contribution in [-0.4, -0.2) is 17.1 Å². The summed E-state index contributed by atoms with van der Waals surface area (Å²) in [6.07, 6.45) is 2.26. The lowest BCUT2D eigenvalue weighted by Crippen LogP contribution is -2.41. The van der Waals surface area contributed by atoms with Gasteiger partial charge in [-0.25, -0.2) is 4.99 Å². The summed E-state index contributed by atoms with van der Waals surface area (Å²) in [6.45, 7) is 3.91. The highest BCUT2D eigenvalue weighted by Gasteiger charge is 2.49. The molecule has 0 saturated heterocycles. The number of fused-ring (bicyclic) bond motifs is 2. The van der Waals surface area contributed by atoms with Crippen LogP contribution in [0, 0.1) is 6.92 Å². The van der Waals surface area contributed by atoms with E-state index >= 15 is 0 Å². The summed E-state index contributed by atoms with van der Waals surface area (Å²) in [6, 6.07) is 6.10. The summed E-state index contributed by atoms with van der Waals surface area (Å²) >= 11 is 0. The molecule has 2 aliphatic rings. The van der Waals surface area contributed by atoms with E-state index in [1.165, 1.54) is 0 Å². The highest BCUT2D eigenvalue weighted by atomic mass is 16.5. The Balaban J connectivity index is 2.23. The number of hydrogen-bond acceptors (Lipinski definition) is 3. The summed E-state index contributed by atoms with van der Waals surface area (Å²) in [7, 11) is 0. The number of ether oxygens (including phenoxy) is 1. The van der Waals surface area contributed by atoms with Crippen LogP contribution in [-0.2, 0) is 10.3 Å². The van der Waals surface area contributed by atoms with Crippen LogP contribution in [0.4, 0.5) is 5.69 Å². The molecule has 90 valence electrons. The van der Waals surface area contributed by atoms with Crippen molar-refractivity contribution in [3.63, 3.8) is 0 Å². The first-order valence-corrected chi connectivity index (χ1v) is 6.16. The summed E-state index contributed by atoms with van der Waals surface area (Å²) in [5, 5.41) is 10.3. The average molecular weight is 231 g/mol. The molecule has 0 amide bonds. The van der Waals surface area contributed by atoms with Crippen LogP contribution in [0.2, 0.25) is 0 Å². The second-order valence-electron chi connectivity index (χ2n) is 5.00. The lowest BCUT2D eigenvalue weighted by Gasteiger charge is -2.37. The largest absolute Gasteiger partial charge is 0.467 e. The number of aliphatic hydroxyl groups excluding tert-OH is 1. The van der Waals surface area contributed by atoms with Gasteiger partial charge in [-0.3, -0.25) is 0 Å². The highest BCUT2D eigenvalue weighted by Crippen LogP contribution is 2.49. The molecule has 3 nitrogen and oxygen atoms in total. The molecule has 2 atom stereocenters. The van der Waals surface area contributed by atoms with Gasteiger partial charge in [0, 0.05) is 12.5 Å². The first kappa shape index (κ1) is 10.8. The van der Waals surface area contributed by atoms with Crippen molar-refractivity contribution in [3.05, 3.63) is 29.3 Å². The van der Waals surface area contributed by atoms with Crippen molar-refractivity contribution in [1.82, 2.24) is 0 Å². The zero-order valence-corrected chi connectivity index (χ0v) is 10.2. The van der Waals surface area contributed by atoms with E-state index in [4.69, 9.17) is 4.74 Å². The van der Waals surface area contributed by atoms with E-state index in [-0.39, 0.29) is 0 Å². The van der Waals surface area contributed by atoms with Crippen LogP contribution in [0.3, 0.4) is 0 Å². The number of rotatable bonds is 0. The molecule has 0 bridgehead atoms. The Bertz CT molecular complexity index is 495. The van der Waals surface area contributed by atoms with Crippen molar-refractivity contribution >= 4 is 11.6 Å². The van der Waals surface area contributed by atoms with E-state index in [9.17, 15) is 5.11 Å². The van der Waals surface area contributed by atoms with Crippen LogP contribution < -0.4 is 0 Å². The molecule has 1 aliphatic heterocycles. The van der Waals surface area contributed by atoms with Gasteiger partial charge in [0.05, 0.1) is 11.8 Å². The van der Waals surface area contributed by atoms with Gasteiger partial charge in [0.1, 0.15) is 0 Å². The maximum atomic E-state index is 10.3. The molecule has 17 heavy (non-hydrogen) atoms. The third-order valence-electron chi connectivity index (χ3n) is 3.86. The molecule has 1 saturated carbocycles. The quantitative estimate of drug-likeness (QED) is 0.746. The predicted octanol–water partition coefficient (Wildman–Crippen LogP) is 2.82. The molecule has 1 heterocycles. The molecule has 0 aromatic heterocycles. The lowest BCUT2D eigenvalue weighted by atomic mass is 9.86. The van der Waals surface area contributed by atoms with Crippen LogP contribution in [0.15, 0.2) is 23.2 Å². The Morgan fingerprint density at radius 1 is 1.41 bits per heavy atom. The standard InChI is InChI=1S/C14H17NO2/c1-9-5-3-6-11-13(9)15-10(2)17-14(11)8-4-7-12(14)16/h3,5-6,12,16H,4,7-8H2,1-2H3. The number of aliphatic imine (C=N–C) groups is 1. The van der Waals surface area contributed by atoms with Gasteiger partial charge in [0.2, 0.25) is 0 Å². The maximum Gasteiger partial charge on any atom is 0.186 e. The zero-order chi connectivity index (χ0) is 12.0. The van der Waals surface area contributed by atoms with Gasteiger partial charge < -0.3 is 9.84 Å². The topological polar surface area (TPSA) is 41.8 Å². The molecular formula is C14H17NO2. The Labute approximate surface area is 101 Å². The number of benzene rings is 1. The van der Waals surface area contributed by atoms with Crippen molar-refractivity contribution in [3.8, 4) is 0 Å². The van der Waals surface area contributed by atoms with E-state index in [1.54, 1.807) is 0 Å². The number of hydrogen-bond donors (Lipinski definition) is 1. The Kier molecular flexibility index (Phi) is 2.26. The Morgan fingerprint density at radius 2 is 2.24 bits per heavy atom. The molecule has 3 rings (SSSR count). The summed E-state index contributed by atoms with van der Waals surface area (Å²) in [5.74, 6) is 0.660. The first-order valence-electron chi connectivity index (χ1n) is 6.16. The fraction of sp³-hybridized carbons (Fsp3) is 0.500. The number of aliphatic hydroxyl groups is 1. The van der Waals surface area contributed by atoms with Gasteiger partial charge in [-0.15, -0.1) is 0 Å². The highest BCUT2D eigenvalue weighted by molar-refractivity contribution is 5.81. The molecule has 1 aliphatic carbocycles. The van der Waals surface area contributed by atoms with Gasteiger partial charge in [0.15, 0.2) is 11.5 Å². The van der Waals surface area contributed by atoms with Crippen molar-refractivity contribution in [1.29, 1.82) is 0 Å². The second-order valence-corrected chi connectivity index (χ2v) is 5.00. The van der Waals surface area contributed by atoms with Gasteiger partial charge in [-0.2, -0.15) is 0 Å². The van der Waals surface area contributed by atoms with Gasteiger partial charge in [0.25, 0.3) is 0 Å². The minimum atomic E-state index is -0.548. The fourth-order valence-electron chi connectivity index (χ4n) is 3.04. The smallest absolute Gasteiger partial charge is 0.186 e. The molecule has 1 aromatic rings. The second kappa shape index (κ2) is 3.57. The van der Waals surface area contributed by atoms with Crippen LogP contribution in [0.5, 0.6) is 0 Å². The molecule has 1 N–H and O–H groups in total. The monoisotopic (exact) mass is 231 g/mol. The summed E-state index contributed by atoms with van der Waals surface area (Å²) < 4.78 is 5.93. The molecule has 1 fully saturated rings. The predicted molar refractivity (Wildman–Crippen MR) is 66.6 cm³/mol. The molecular weight excluding hydrogens is 214 g/mol. The summed E-state index contributed by atoms with van der Waals surface area (Å²) in [5.41, 5.74) is 2.63. The van der Waals surface area contributed by atoms with Crippen LogP contribution >= 0.6 is 0 Å². The Hall–Kier alpha value is -1.35. The van der Waals surface area contributed by atoms with Crippen molar-refractivity contribution in [2.24, 2.45) is 4.99 Å². The number of nitrogens with zero attached hydrogens (tertiary/aromatic N) is 1. The minimum Gasteiger partial charge on any atom is -0.467 e. The third-order valence-corrected chi connectivity index (χ3v) is 3.86. The van der Waals surface area contributed by atoms with E-state index in [0.29, 0.717) is 5.90 Å². The Morgan fingerprint density at radius 3 is 2.94 bits per heavy atom. The minimum absolute atomic E-state index is 0.423. The van der Waals surface area contributed by atoms with Gasteiger partial charge >= 0.3 is 0 Å². The molecule has 3 heteroatoms. The van der Waals surface area contributed by atoms with Crippen molar-refractivity contribution in [2.75, 3.05) is 0 Å². The summed E-state index contributed by atoms with van der Waals surface area (Å²) in [4.78, 5) is 4.48. The molecule has 2 unspecified atom stereocenters. The van der Waals surface area contributed by atoms with Gasteiger partial charge in [-0.05, 0) is 31.7 Å². The molecule has 0 radical (unpaired) electrons. The van der Waals surface area contributed by atoms with E-state index in [0.717, 1.165) is 36.1 Å². The van der Waals surface area contributed by atoms with Gasteiger partial charge in [-0.1, -0.05) is 18.2 Å². The van der Waals surface area contributed by atoms with E-state index in [2.05, 4.69) is 18.0 Å². The van der Waals surface area contributed by atoms with Crippen molar-refractivity contribution in [2.45, 2.75) is 44.8 Å². The van der Waals surface area contributed by atoms with E-state index in [1.807, 2.05) is 19.1 Å². The van der Waals surface area contributed by atoms with Crippen LogP contribution in [0.25, 0.3) is 0 Å². The average Bonchev–Trinajstić information content (AvgIpc) is 2.63. The van der Waals surface area contributed by atoms with Crippen molar-refractivity contribution < 1.29 is 9.84 Å². The fourth-order valence-corrected chi connectivity index (χ4v) is 3.04. The number of para-hydroxylation sites is 1. The SMILES string of the molecule is CC1=Nc2c(C)cccc2C2(CCCC2O)O1.